The van der Waals surface area contributed by atoms with Crippen LogP contribution in [0.4, 0.5) is 5.69 Å². The highest BCUT2D eigenvalue weighted by molar-refractivity contribution is 6.34. The molecule has 0 aliphatic carbocycles. The van der Waals surface area contributed by atoms with E-state index < -0.39 is 0 Å². The lowest BCUT2D eigenvalue weighted by atomic mass is 9.97. The summed E-state index contributed by atoms with van der Waals surface area (Å²) in [5.74, 6) is 0. The quantitative estimate of drug-likeness (QED) is 0.733. The van der Waals surface area contributed by atoms with Gasteiger partial charge in [-0.05, 0) is 48.7 Å². The summed E-state index contributed by atoms with van der Waals surface area (Å²) >= 11 is 12.1. The molecular weight excluding hydrogens is 253 g/mol. The van der Waals surface area contributed by atoms with Gasteiger partial charge >= 0.3 is 0 Å². The van der Waals surface area contributed by atoms with E-state index in [2.05, 4.69) is 0 Å². The molecule has 0 aliphatic heterocycles. The standard InChI is InChI=1S/C14H13Cl2N/c1-8-7-13(16)9(2)6-11(8)10-4-3-5-12(15)14(10)17/h3-7H,17H2,1-2H3. The first kappa shape index (κ1) is 12.3. The molecule has 0 radical (unpaired) electrons. The van der Waals surface area contributed by atoms with Crippen LogP contribution in [-0.2, 0) is 0 Å². The molecule has 2 aromatic rings. The second-order valence-electron chi connectivity index (χ2n) is 4.12. The van der Waals surface area contributed by atoms with Crippen molar-refractivity contribution in [3.8, 4) is 11.1 Å². The van der Waals surface area contributed by atoms with Crippen molar-refractivity contribution in [1.29, 1.82) is 0 Å². The lowest BCUT2D eigenvalue weighted by Crippen LogP contribution is -1.93. The van der Waals surface area contributed by atoms with Crippen molar-refractivity contribution in [3.05, 3.63) is 51.5 Å². The first-order valence-electron chi connectivity index (χ1n) is 5.32. The molecule has 0 bridgehead atoms. The topological polar surface area (TPSA) is 26.0 Å². The largest absolute Gasteiger partial charge is 0.397 e. The molecule has 0 aliphatic rings. The molecule has 17 heavy (non-hydrogen) atoms. The summed E-state index contributed by atoms with van der Waals surface area (Å²) in [6.07, 6.45) is 0. The van der Waals surface area contributed by atoms with Gasteiger partial charge < -0.3 is 5.73 Å². The summed E-state index contributed by atoms with van der Waals surface area (Å²) in [5, 5.41) is 1.35. The highest BCUT2D eigenvalue weighted by atomic mass is 35.5. The van der Waals surface area contributed by atoms with Crippen molar-refractivity contribution < 1.29 is 0 Å². The van der Waals surface area contributed by atoms with E-state index in [9.17, 15) is 0 Å². The molecule has 0 spiro atoms. The number of aryl methyl sites for hydroxylation is 2. The van der Waals surface area contributed by atoms with Crippen molar-refractivity contribution in [3.63, 3.8) is 0 Å². The van der Waals surface area contributed by atoms with E-state index >= 15 is 0 Å². The fourth-order valence-electron chi connectivity index (χ4n) is 1.84. The Morgan fingerprint density at radius 2 is 1.59 bits per heavy atom. The Labute approximate surface area is 111 Å². The summed E-state index contributed by atoms with van der Waals surface area (Å²) < 4.78 is 0. The van der Waals surface area contributed by atoms with Gasteiger partial charge in [-0.3, -0.25) is 0 Å². The van der Waals surface area contributed by atoms with Gasteiger partial charge in [-0.2, -0.15) is 0 Å². The average Bonchev–Trinajstić information content (AvgIpc) is 2.28. The zero-order chi connectivity index (χ0) is 12.6. The molecule has 88 valence electrons. The van der Waals surface area contributed by atoms with Crippen molar-refractivity contribution in [2.45, 2.75) is 13.8 Å². The van der Waals surface area contributed by atoms with Crippen LogP contribution in [0.2, 0.25) is 10.0 Å². The van der Waals surface area contributed by atoms with E-state index in [1.54, 1.807) is 6.07 Å². The van der Waals surface area contributed by atoms with E-state index in [-0.39, 0.29) is 0 Å². The number of anilines is 1. The Morgan fingerprint density at radius 1 is 0.882 bits per heavy atom. The Bertz CT molecular complexity index is 577. The summed E-state index contributed by atoms with van der Waals surface area (Å²) in [7, 11) is 0. The minimum atomic E-state index is 0.578. The zero-order valence-corrected chi connectivity index (χ0v) is 11.2. The maximum atomic E-state index is 6.09. The Hall–Kier alpha value is -1.18. The van der Waals surface area contributed by atoms with Crippen LogP contribution < -0.4 is 5.73 Å². The van der Waals surface area contributed by atoms with Gasteiger partial charge in [0.1, 0.15) is 0 Å². The van der Waals surface area contributed by atoms with Crippen LogP contribution in [0.1, 0.15) is 11.1 Å². The molecule has 0 fully saturated rings. The Morgan fingerprint density at radius 3 is 2.29 bits per heavy atom. The molecule has 0 aromatic heterocycles. The lowest BCUT2D eigenvalue weighted by Gasteiger charge is -2.12. The van der Waals surface area contributed by atoms with Crippen LogP contribution in [0.5, 0.6) is 0 Å². The SMILES string of the molecule is Cc1cc(-c2cccc(Cl)c2N)c(C)cc1Cl. The van der Waals surface area contributed by atoms with E-state index in [4.69, 9.17) is 28.9 Å². The number of nitrogen functional groups attached to an aromatic ring is 1. The van der Waals surface area contributed by atoms with Crippen molar-refractivity contribution in [1.82, 2.24) is 0 Å². The summed E-state index contributed by atoms with van der Waals surface area (Å²) in [6, 6.07) is 9.65. The van der Waals surface area contributed by atoms with Gasteiger partial charge in [-0.25, -0.2) is 0 Å². The van der Waals surface area contributed by atoms with Gasteiger partial charge in [-0.15, -0.1) is 0 Å². The van der Waals surface area contributed by atoms with Crippen molar-refractivity contribution in [2.75, 3.05) is 5.73 Å². The second kappa shape index (κ2) is 4.59. The van der Waals surface area contributed by atoms with Gasteiger partial charge in [-0.1, -0.05) is 35.3 Å². The van der Waals surface area contributed by atoms with E-state index in [1.165, 1.54) is 0 Å². The summed E-state index contributed by atoms with van der Waals surface area (Å²) in [6.45, 7) is 3.99. The molecule has 0 saturated carbocycles. The number of benzene rings is 2. The predicted molar refractivity (Wildman–Crippen MR) is 75.8 cm³/mol. The second-order valence-corrected chi connectivity index (χ2v) is 4.93. The molecule has 0 unspecified atom stereocenters. The van der Waals surface area contributed by atoms with Gasteiger partial charge in [0.15, 0.2) is 0 Å². The van der Waals surface area contributed by atoms with E-state index in [0.29, 0.717) is 10.7 Å². The van der Waals surface area contributed by atoms with Crippen LogP contribution in [0.3, 0.4) is 0 Å². The summed E-state index contributed by atoms with van der Waals surface area (Å²) in [5.41, 5.74) is 10.8. The smallest absolute Gasteiger partial charge is 0.0641 e. The minimum Gasteiger partial charge on any atom is -0.397 e. The highest BCUT2D eigenvalue weighted by Crippen LogP contribution is 2.35. The van der Waals surface area contributed by atoms with Gasteiger partial charge in [0, 0.05) is 10.6 Å². The van der Waals surface area contributed by atoms with Crippen molar-refractivity contribution in [2.24, 2.45) is 0 Å². The van der Waals surface area contributed by atoms with Gasteiger partial charge in [0.25, 0.3) is 0 Å². The zero-order valence-electron chi connectivity index (χ0n) is 9.72. The predicted octanol–water partition coefficient (Wildman–Crippen LogP) is 4.86. The monoisotopic (exact) mass is 265 g/mol. The summed E-state index contributed by atoms with van der Waals surface area (Å²) in [4.78, 5) is 0. The minimum absolute atomic E-state index is 0.578. The molecule has 0 atom stereocenters. The Kier molecular flexibility index (Phi) is 3.32. The van der Waals surface area contributed by atoms with Gasteiger partial charge in [0.2, 0.25) is 0 Å². The molecule has 0 heterocycles. The number of hydrogen-bond acceptors (Lipinski definition) is 1. The van der Waals surface area contributed by atoms with Crippen LogP contribution in [0.25, 0.3) is 11.1 Å². The Balaban J connectivity index is 2.69. The number of nitrogens with two attached hydrogens (primary N) is 1. The van der Waals surface area contributed by atoms with Gasteiger partial charge in [0.05, 0.1) is 10.7 Å². The first-order chi connectivity index (χ1) is 8.00. The maximum absolute atomic E-state index is 6.09. The average molecular weight is 266 g/mol. The van der Waals surface area contributed by atoms with Crippen LogP contribution in [0, 0.1) is 13.8 Å². The normalized spacial score (nSPS) is 10.6. The van der Waals surface area contributed by atoms with Crippen LogP contribution in [-0.4, -0.2) is 0 Å². The number of halogens is 2. The van der Waals surface area contributed by atoms with Crippen molar-refractivity contribution >= 4 is 28.9 Å². The number of rotatable bonds is 1. The van der Waals surface area contributed by atoms with Crippen LogP contribution in [0.15, 0.2) is 30.3 Å². The molecule has 3 heteroatoms. The first-order valence-corrected chi connectivity index (χ1v) is 6.07. The third-order valence-electron chi connectivity index (χ3n) is 2.85. The fraction of sp³-hybridized carbons (Fsp3) is 0.143. The number of para-hydroxylation sites is 1. The lowest BCUT2D eigenvalue weighted by molar-refractivity contribution is 1.39. The molecular formula is C14H13Cl2N. The fourth-order valence-corrected chi connectivity index (χ4v) is 2.24. The number of hydrogen-bond donors (Lipinski definition) is 1. The molecule has 1 nitrogen and oxygen atoms in total. The third kappa shape index (κ3) is 2.26. The molecule has 0 amide bonds. The highest BCUT2D eigenvalue weighted by Gasteiger charge is 2.10. The molecule has 2 aromatic carbocycles. The third-order valence-corrected chi connectivity index (χ3v) is 3.59. The van der Waals surface area contributed by atoms with E-state index in [1.807, 2.05) is 38.1 Å². The van der Waals surface area contributed by atoms with Crippen LogP contribution >= 0.6 is 23.2 Å². The molecule has 0 saturated heterocycles. The van der Waals surface area contributed by atoms with E-state index in [0.717, 1.165) is 27.3 Å². The molecule has 2 N–H and O–H groups in total. The molecule has 2 rings (SSSR count). The maximum Gasteiger partial charge on any atom is 0.0641 e.